The number of carbonyl (C=O) groups is 1. The van der Waals surface area contributed by atoms with E-state index in [1.54, 1.807) is 16.4 Å². The number of nitrogens with two attached hydrogens (primary N) is 1. The third kappa shape index (κ3) is 4.74. The largest absolute Gasteiger partial charge is 0.368 e. The van der Waals surface area contributed by atoms with Gasteiger partial charge in [-0.15, -0.1) is 0 Å². The Balaban J connectivity index is 2.32. The predicted molar refractivity (Wildman–Crippen MR) is 67.6 cm³/mol. The van der Waals surface area contributed by atoms with E-state index in [4.69, 9.17) is 5.73 Å². The SMILES string of the molecule is CCCNC(CCSc1ncnn1C)C(N)=O. The molecule has 3 N–H and O–H groups in total. The first-order valence-corrected chi connectivity index (χ1v) is 6.63. The molecule has 0 saturated heterocycles. The van der Waals surface area contributed by atoms with E-state index in [9.17, 15) is 4.79 Å². The maximum absolute atomic E-state index is 11.2. The fourth-order valence-corrected chi connectivity index (χ4v) is 2.24. The Kier molecular flexibility index (Phi) is 5.99. The van der Waals surface area contributed by atoms with Gasteiger partial charge in [0.1, 0.15) is 6.33 Å². The summed E-state index contributed by atoms with van der Waals surface area (Å²) in [5.41, 5.74) is 5.32. The number of rotatable bonds is 8. The predicted octanol–water partition coefficient (Wildman–Crippen LogP) is 0.151. The number of hydrogen-bond acceptors (Lipinski definition) is 5. The summed E-state index contributed by atoms with van der Waals surface area (Å²) in [6.45, 7) is 2.86. The van der Waals surface area contributed by atoms with Gasteiger partial charge < -0.3 is 11.1 Å². The van der Waals surface area contributed by atoms with Gasteiger partial charge in [0.25, 0.3) is 0 Å². The quantitative estimate of drug-likeness (QED) is 0.648. The van der Waals surface area contributed by atoms with Crippen LogP contribution in [0.4, 0.5) is 0 Å². The van der Waals surface area contributed by atoms with Crippen LogP contribution in [0.2, 0.25) is 0 Å². The lowest BCUT2D eigenvalue weighted by Crippen LogP contribution is -2.42. The summed E-state index contributed by atoms with van der Waals surface area (Å²) >= 11 is 1.57. The Hall–Kier alpha value is -1.08. The molecule has 0 aliphatic heterocycles. The van der Waals surface area contributed by atoms with Crippen LogP contribution in [0.5, 0.6) is 0 Å². The van der Waals surface area contributed by atoms with Gasteiger partial charge in [-0.05, 0) is 19.4 Å². The van der Waals surface area contributed by atoms with Gasteiger partial charge >= 0.3 is 0 Å². The van der Waals surface area contributed by atoms with Crippen molar-refractivity contribution in [2.24, 2.45) is 12.8 Å². The van der Waals surface area contributed by atoms with Crippen molar-refractivity contribution in [3.05, 3.63) is 6.33 Å². The molecule has 1 aromatic rings. The van der Waals surface area contributed by atoms with Crippen LogP contribution >= 0.6 is 11.8 Å². The number of hydrogen-bond donors (Lipinski definition) is 2. The van der Waals surface area contributed by atoms with E-state index < -0.39 is 0 Å². The second-order valence-electron chi connectivity index (χ2n) is 3.71. The summed E-state index contributed by atoms with van der Waals surface area (Å²) in [5, 5.41) is 7.96. The molecule has 1 atom stereocenters. The van der Waals surface area contributed by atoms with Crippen LogP contribution in [0, 0.1) is 0 Å². The molecule has 0 bridgehead atoms. The fourth-order valence-electron chi connectivity index (χ4n) is 1.35. The third-order valence-corrected chi connectivity index (χ3v) is 3.36. The molecule has 17 heavy (non-hydrogen) atoms. The zero-order chi connectivity index (χ0) is 12.7. The van der Waals surface area contributed by atoms with E-state index in [1.807, 2.05) is 7.05 Å². The summed E-state index contributed by atoms with van der Waals surface area (Å²) in [7, 11) is 1.84. The first kappa shape index (κ1) is 14.0. The van der Waals surface area contributed by atoms with Crippen LogP contribution < -0.4 is 11.1 Å². The molecule has 1 aromatic heterocycles. The second kappa shape index (κ2) is 7.29. The van der Waals surface area contributed by atoms with Gasteiger partial charge in [-0.2, -0.15) is 5.10 Å². The topological polar surface area (TPSA) is 85.8 Å². The Labute approximate surface area is 105 Å². The molecule has 7 heteroatoms. The molecule has 1 unspecified atom stereocenters. The molecule has 1 heterocycles. The van der Waals surface area contributed by atoms with Gasteiger partial charge in [0.15, 0.2) is 5.16 Å². The van der Waals surface area contributed by atoms with Gasteiger partial charge in [0, 0.05) is 12.8 Å². The highest BCUT2D eigenvalue weighted by Gasteiger charge is 2.14. The molecular formula is C10H19N5OS. The number of primary amides is 1. The third-order valence-electron chi connectivity index (χ3n) is 2.29. The monoisotopic (exact) mass is 257 g/mol. The van der Waals surface area contributed by atoms with E-state index in [1.165, 1.54) is 6.33 Å². The number of thioether (sulfide) groups is 1. The summed E-state index contributed by atoms with van der Waals surface area (Å²) in [6.07, 6.45) is 3.20. The minimum Gasteiger partial charge on any atom is -0.368 e. The van der Waals surface area contributed by atoms with Gasteiger partial charge in [0.05, 0.1) is 6.04 Å². The normalized spacial score (nSPS) is 12.6. The van der Waals surface area contributed by atoms with Crippen LogP contribution in [-0.2, 0) is 11.8 Å². The lowest BCUT2D eigenvalue weighted by molar-refractivity contribution is -0.120. The van der Waals surface area contributed by atoms with E-state index in [0.29, 0.717) is 6.42 Å². The van der Waals surface area contributed by atoms with E-state index in [0.717, 1.165) is 23.9 Å². The van der Waals surface area contributed by atoms with E-state index >= 15 is 0 Å². The van der Waals surface area contributed by atoms with Crippen LogP contribution in [0.3, 0.4) is 0 Å². The molecule has 0 saturated carbocycles. The lowest BCUT2D eigenvalue weighted by Gasteiger charge is -2.14. The van der Waals surface area contributed by atoms with Crippen LogP contribution in [-0.4, -0.2) is 39.0 Å². The average molecular weight is 257 g/mol. The zero-order valence-corrected chi connectivity index (χ0v) is 11.0. The van der Waals surface area contributed by atoms with Crippen molar-refractivity contribution in [1.29, 1.82) is 0 Å². The first-order valence-electron chi connectivity index (χ1n) is 5.64. The number of aryl methyl sites for hydroxylation is 1. The van der Waals surface area contributed by atoms with Crippen molar-refractivity contribution >= 4 is 17.7 Å². The summed E-state index contributed by atoms with van der Waals surface area (Å²) in [4.78, 5) is 15.3. The molecular weight excluding hydrogens is 238 g/mol. The van der Waals surface area contributed by atoms with Crippen LogP contribution in [0.25, 0.3) is 0 Å². The molecule has 6 nitrogen and oxygen atoms in total. The Morgan fingerprint density at radius 3 is 3.00 bits per heavy atom. The Morgan fingerprint density at radius 2 is 2.47 bits per heavy atom. The summed E-state index contributed by atoms with van der Waals surface area (Å²) in [5.74, 6) is 0.494. The number of nitrogens with one attached hydrogen (secondary N) is 1. The van der Waals surface area contributed by atoms with Crippen LogP contribution in [0.1, 0.15) is 19.8 Å². The highest BCUT2D eigenvalue weighted by atomic mass is 32.2. The standard InChI is InChI=1S/C10H19N5OS/c1-3-5-12-8(9(11)16)4-6-17-10-13-7-14-15(10)2/h7-8,12H,3-6H2,1-2H3,(H2,11,16). The maximum Gasteiger partial charge on any atom is 0.234 e. The van der Waals surface area contributed by atoms with Gasteiger partial charge in [-0.25, -0.2) is 9.67 Å². The molecule has 0 aliphatic carbocycles. The van der Waals surface area contributed by atoms with Gasteiger partial charge in [-0.3, -0.25) is 4.79 Å². The Morgan fingerprint density at radius 1 is 1.71 bits per heavy atom. The van der Waals surface area contributed by atoms with Crippen molar-refractivity contribution in [2.75, 3.05) is 12.3 Å². The fraction of sp³-hybridized carbons (Fsp3) is 0.700. The molecule has 0 radical (unpaired) electrons. The molecule has 0 fully saturated rings. The molecule has 1 rings (SSSR count). The van der Waals surface area contributed by atoms with Crippen LogP contribution in [0.15, 0.2) is 11.5 Å². The summed E-state index contributed by atoms with van der Waals surface area (Å²) in [6, 6.07) is -0.254. The first-order chi connectivity index (χ1) is 8.15. The molecule has 1 amide bonds. The van der Waals surface area contributed by atoms with Crippen molar-refractivity contribution < 1.29 is 4.79 Å². The van der Waals surface area contributed by atoms with Crippen molar-refractivity contribution in [2.45, 2.75) is 31.0 Å². The second-order valence-corrected chi connectivity index (χ2v) is 4.77. The number of aromatic nitrogens is 3. The highest BCUT2D eigenvalue weighted by molar-refractivity contribution is 7.99. The molecule has 96 valence electrons. The molecule has 0 aromatic carbocycles. The minimum absolute atomic E-state index is 0.254. The number of carbonyl (C=O) groups excluding carboxylic acids is 1. The van der Waals surface area contributed by atoms with E-state index in [2.05, 4.69) is 22.3 Å². The smallest absolute Gasteiger partial charge is 0.234 e. The number of amides is 1. The lowest BCUT2D eigenvalue weighted by atomic mass is 10.2. The summed E-state index contributed by atoms with van der Waals surface area (Å²) < 4.78 is 1.71. The van der Waals surface area contributed by atoms with Crippen molar-refractivity contribution in [1.82, 2.24) is 20.1 Å². The average Bonchev–Trinajstić information content (AvgIpc) is 2.69. The van der Waals surface area contributed by atoms with E-state index in [-0.39, 0.29) is 11.9 Å². The highest BCUT2D eigenvalue weighted by Crippen LogP contribution is 2.14. The maximum atomic E-state index is 11.2. The van der Waals surface area contributed by atoms with Gasteiger partial charge in [0.2, 0.25) is 5.91 Å². The minimum atomic E-state index is -0.294. The Bertz CT molecular complexity index is 354. The van der Waals surface area contributed by atoms with Gasteiger partial charge in [-0.1, -0.05) is 18.7 Å². The zero-order valence-electron chi connectivity index (χ0n) is 10.2. The van der Waals surface area contributed by atoms with Crippen molar-refractivity contribution in [3.63, 3.8) is 0 Å². The molecule has 0 spiro atoms. The molecule has 0 aliphatic rings. The number of nitrogens with zero attached hydrogens (tertiary/aromatic N) is 3. The van der Waals surface area contributed by atoms with Crippen molar-refractivity contribution in [3.8, 4) is 0 Å².